The van der Waals surface area contributed by atoms with Gasteiger partial charge in [0, 0.05) is 62.4 Å². The molecule has 61 heavy (non-hydrogen) atoms. The topological polar surface area (TPSA) is 71.2 Å². The summed E-state index contributed by atoms with van der Waals surface area (Å²) in [5.41, 5.74) is -0.929. The van der Waals surface area contributed by atoms with Crippen molar-refractivity contribution < 1.29 is 41.0 Å². The van der Waals surface area contributed by atoms with Crippen LogP contribution in [0.3, 0.4) is 0 Å². The van der Waals surface area contributed by atoms with Crippen molar-refractivity contribution in [2.75, 3.05) is 13.1 Å². The molecule has 0 bridgehead atoms. The molecule has 6 aromatic carbocycles. The molecule has 0 spiro atoms. The summed E-state index contributed by atoms with van der Waals surface area (Å²) >= 11 is 24.0. The van der Waals surface area contributed by atoms with E-state index in [2.05, 4.69) is 9.98 Å². The smallest absolute Gasteiger partial charge is 0.400 e. The molecule has 0 fully saturated rings. The molecule has 15 heteroatoms. The van der Waals surface area contributed by atoms with Crippen molar-refractivity contribution in [3.63, 3.8) is 0 Å². The van der Waals surface area contributed by atoms with Gasteiger partial charge in [-0.25, -0.2) is 0 Å². The van der Waals surface area contributed by atoms with Gasteiger partial charge in [-0.1, -0.05) is 119 Å². The normalized spacial score (nSPS) is 19.1. The highest BCUT2D eigenvalue weighted by atomic mass is 35.5. The lowest BCUT2D eigenvalue weighted by molar-refractivity contribution is -0.184. The Morgan fingerprint density at radius 2 is 0.984 bits per heavy atom. The molecule has 2 unspecified atom stereocenters. The second-order valence-electron chi connectivity index (χ2n) is 14.9. The summed E-state index contributed by atoms with van der Waals surface area (Å²) in [5, 5.41) is 13.3. The molecule has 2 heterocycles. The summed E-state index contributed by atoms with van der Waals surface area (Å²) in [6, 6.07) is 29.6. The number of aliphatic hydroxyl groups excluding tert-OH is 1. The Kier molecular flexibility index (Phi) is 12.6. The van der Waals surface area contributed by atoms with Gasteiger partial charge >= 0.3 is 18.3 Å². The predicted molar refractivity (Wildman–Crippen MR) is 230 cm³/mol. The molecular weight excluding hydrogens is 884 g/mol. The summed E-state index contributed by atoms with van der Waals surface area (Å²) in [6.07, 6.45) is -9.74. The van der Waals surface area contributed by atoms with E-state index in [-0.39, 0.29) is 57.3 Å². The Morgan fingerprint density at radius 3 is 1.36 bits per heavy atom. The first-order valence-electron chi connectivity index (χ1n) is 18.8. The van der Waals surface area contributed by atoms with E-state index in [1.165, 1.54) is 43.3 Å². The molecule has 0 aromatic heterocycles. The van der Waals surface area contributed by atoms with Crippen molar-refractivity contribution in [2.45, 2.75) is 56.2 Å². The fraction of sp³-hybridized carbons (Fsp3) is 0.239. The average molecular weight is 919 g/mol. The second kappa shape index (κ2) is 17.3. The Balaban J connectivity index is 0.000000185. The first kappa shape index (κ1) is 44.4. The van der Waals surface area contributed by atoms with Crippen molar-refractivity contribution >= 4 is 85.3 Å². The van der Waals surface area contributed by atoms with Crippen molar-refractivity contribution in [2.24, 2.45) is 9.98 Å². The van der Waals surface area contributed by atoms with E-state index in [1.54, 1.807) is 24.3 Å². The number of fused-ring (bicyclic) bond motifs is 2. The van der Waals surface area contributed by atoms with E-state index < -0.39 is 42.2 Å². The van der Waals surface area contributed by atoms with Gasteiger partial charge in [-0.2, -0.15) is 26.3 Å². The summed E-state index contributed by atoms with van der Waals surface area (Å²) in [6.45, 7) is 0.365. The summed E-state index contributed by atoms with van der Waals surface area (Å²) in [5.74, 6) is -0.409. The quantitative estimate of drug-likeness (QED) is 0.128. The van der Waals surface area contributed by atoms with Gasteiger partial charge in [0.15, 0.2) is 0 Å². The largest absolute Gasteiger partial charge is 0.461 e. The van der Waals surface area contributed by atoms with Gasteiger partial charge in [0.05, 0.1) is 19.7 Å². The number of halogens is 10. The van der Waals surface area contributed by atoms with E-state index in [0.29, 0.717) is 28.1 Å². The van der Waals surface area contributed by atoms with Crippen LogP contribution in [0, 0.1) is 0 Å². The molecule has 2 atom stereocenters. The monoisotopic (exact) mass is 916 g/mol. The number of carbonyl (C=O) groups is 1. The highest BCUT2D eigenvalue weighted by Crippen LogP contribution is 2.51. The highest BCUT2D eigenvalue weighted by molar-refractivity contribution is 6.35. The third kappa shape index (κ3) is 8.73. The molecule has 2 aliphatic rings. The summed E-state index contributed by atoms with van der Waals surface area (Å²) in [4.78, 5) is 19.9. The number of hydrogen-bond donors (Lipinski definition) is 1. The molecular formula is C46H34Cl4F6N2O3. The number of esters is 1. The maximum Gasteiger partial charge on any atom is 0.400 e. The zero-order valence-electron chi connectivity index (χ0n) is 32.1. The Bertz CT molecular complexity index is 2700. The molecule has 8 rings (SSSR count). The minimum absolute atomic E-state index is 0.00275. The third-order valence-corrected chi connectivity index (χ3v) is 12.1. The molecule has 0 radical (unpaired) electrons. The number of alkyl halides is 6. The SMILES string of the molecule is CC(=O)OCc1ccc(C2=NCC(c3cc(Cl)cc(Cl)c3)(C(F)(F)F)C2)c2ccccc12.OCc1ccc(C2=NCC(c3cc(Cl)cc(Cl)c3)(C(F)(F)F)C2)c2ccccc12. The zero-order chi connectivity index (χ0) is 43.9. The van der Waals surface area contributed by atoms with Gasteiger partial charge in [-0.05, 0) is 80.2 Å². The number of hydrogen-bond acceptors (Lipinski definition) is 5. The van der Waals surface area contributed by atoms with Gasteiger partial charge in [0.1, 0.15) is 17.4 Å². The van der Waals surface area contributed by atoms with Crippen LogP contribution in [0.4, 0.5) is 26.3 Å². The maximum absolute atomic E-state index is 14.4. The number of ether oxygens (including phenoxy) is 1. The average Bonchev–Trinajstić information content (AvgIpc) is 3.87. The maximum atomic E-state index is 14.4. The second-order valence-corrected chi connectivity index (χ2v) is 16.7. The van der Waals surface area contributed by atoms with Crippen LogP contribution in [0.25, 0.3) is 21.5 Å². The van der Waals surface area contributed by atoms with E-state index in [1.807, 2.05) is 48.5 Å². The van der Waals surface area contributed by atoms with Gasteiger partial charge in [0.25, 0.3) is 0 Å². The van der Waals surface area contributed by atoms with E-state index >= 15 is 0 Å². The van der Waals surface area contributed by atoms with Gasteiger partial charge in [-0.15, -0.1) is 0 Å². The Morgan fingerprint density at radius 1 is 0.607 bits per heavy atom. The number of nitrogens with zero attached hydrogens (tertiary/aromatic N) is 2. The Labute approximate surface area is 366 Å². The predicted octanol–water partition coefficient (Wildman–Crippen LogP) is 13.2. The van der Waals surface area contributed by atoms with Gasteiger partial charge < -0.3 is 9.84 Å². The van der Waals surface area contributed by atoms with E-state index in [9.17, 15) is 36.2 Å². The fourth-order valence-electron chi connectivity index (χ4n) is 8.04. The molecule has 0 aliphatic carbocycles. The number of carbonyl (C=O) groups excluding carboxylic acids is 1. The number of aliphatic imine (C=N–C) groups is 2. The van der Waals surface area contributed by atoms with E-state index in [4.69, 9.17) is 51.1 Å². The third-order valence-electron chi connectivity index (χ3n) is 11.2. The number of benzene rings is 6. The summed E-state index contributed by atoms with van der Waals surface area (Å²) < 4.78 is 91.2. The standard InChI is InChI=1S/C24H18Cl2F3NO2.C22H16Cl2F3NO/c1-14(31)32-12-15-6-7-21(20-5-3-2-4-19(15)20)22-11-23(13-30-22,24(27,28)29)16-8-17(25)10-18(26)9-16;23-15-7-14(8-16(24)9-15)21(22(25,26)27)10-20(28-12-21)19-6-5-13(11-29)17-3-1-2-4-18(17)19/h2-10H,11-13H2,1H3;1-9,29H,10-12H2. The lowest BCUT2D eigenvalue weighted by Gasteiger charge is -2.32. The van der Waals surface area contributed by atoms with Crippen molar-refractivity contribution in [1.29, 1.82) is 0 Å². The minimum atomic E-state index is -4.56. The van der Waals surface area contributed by atoms with Crippen LogP contribution in [0.2, 0.25) is 20.1 Å². The van der Waals surface area contributed by atoms with Crippen LogP contribution >= 0.6 is 46.4 Å². The van der Waals surface area contributed by atoms with Crippen LogP contribution < -0.4 is 0 Å². The Hall–Kier alpha value is -4.65. The van der Waals surface area contributed by atoms with Crippen LogP contribution in [-0.2, 0) is 33.6 Å². The van der Waals surface area contributed by atoms with Crippen LogP contribution in [0.5, 0.6) is 0 Å². The van der Waals surface area contributed by atoms with Crippen LogP contribution in [0.1, 0.15) is 53.1 Å². The molecule has 316 valence electrons. The van der Waals surface area contributed by atoms with Crippen molar-refractivity contribution in [3.8, 4) is 0 Å². The first-order valence-corrected chi connectivity index (χ1v) is 20.3. The molecule has 0 saturated heterocycles. The van der Waals surface area contributed by atoms with Crippen molar-refractivity contribution in [3.05, 3.63) is 163 Å². The number of aliphatic hydroxyl groups is 1. The summed E-state index contributed by atoms with van der Waals surface area (Å²) in [7, 11) is 0. The molecule has 0 amide bonds. The minimum Gasteiger partial charge on any atom is -0.461 e. The fourth-order valence-corrected chi connectivity index (χ4v) is 9.09. The van der Waals surface area contributed by atoms with Gasteiger partial charge in [0.2, 0.25) is 0 Å². The van der Waals surface area contributed by atoms with E-state index in [0.717, 1.165) is 27.1 Å². The lowest BCUT2D eigenvalue weighted by atomic mass is 9.76. The van der Waals surface area contributed by atoms with Crippen LogP contribution in [-0.4, -0.2) is 47.9 Å². The molecule has 1 N–H and O–H groups in total. The number of rotatable bonds is 7. The zero-order valence-corrected chi connectivity index (χ0v) is 35.1. The van der Waals surface area contributed by atoms with Crippen LogP contribution in [0.15, 0.2) is 119 Å². The first-order chi connectivity index (χ1) is 28.9. The van der Waals surface area contributed by atoms with Gasteiger partial charge in [-0.3, -0.25) is 14.8 Å². The molecule has 6 aromatic rings. The molecule has 2 aliphatic heterocycles. The molecule has 5 nitrogen and oxygen atoms in total. The lowest BCUT2D eigenvalue weighted by Crippen LogP contribution is -2.43. The molecule has 0 saturated carbocycles. The highest BCUT2D eigenvalue weighted by Gasteiger charge is 2.60. The van der Waals surface area contributed by atoms with Crippen molar-refractivity contribution in [1.82, 2.24) is 0 Å².